The van der Waals surface area contributed by atoms with Crippen LogP contribution in [0.25, 0.3) is 5.57 Å². The van der Waals surface area contributed by atoms with Crippen LogP contribution in [0.1, 0.15) is 22.4 Å². The molecule has 3 aromatic rings. The Labute approximate surface area is 191 Å². The van der Waals surface area contributed by atoms with Crippen molar-refractivity contribution in [1.29, 1.82) is 0 Å². The number of amides is 2. The summed E-state index contributed by atoms with van der Waals surface area (Å²) in [6, 6.07) is 19.8. The van der Waals surface area contributed by atoms with E-state index in [2.05, 4.69) is 11.0 Å². The number of hydrogen-bond acceptors (Lipinski definition) is 5. The maximum Gasteiger partial charge on any atom is 0.278 e. The second kappa shape index (κ2) is 8.63. The third kappa shape index (κ3) is 3.60. The van der Waals surface area contributed by atoms with E-state index in [1.165, 1.54) is 21.8 Å². The van der Waals surface area contributed by atoms with Gasteiger partial charge in [-0.1, -0.05) is 36.4 Å². The summed E-state index contributed by atoms with van der Waals surface area (Å²) in [6.07, 6.45) is 2.53. The van der Waals surface area contributed by atoms with Gasteiger partial charge in [0, 0.05) is 23.7 Å². The van der Waals surface area contributed by atoms with Crippen molar-refractivity contribution in [2.45, 2.75) is 19.3 Å². The van der Waals surface area contributed by atoms with E-state index in [0.29, 0.717) is 24.2 Å². The van der Waals surface area contributed by atoms with Crippen molar-refractivity contribution in [2.24, 2.45) is 0 Å². The van der Waals surface area contributed by atoms with E-state index >= 15 is 0 Å². The van der Waals surface area contributed by atoms with Crippen molar-refractivity contribution in [1.82, 2.24) is 4.90 Å². The van der Waals surface area contributed by atoms with Gasteiger partial charge in [0.25, 0.3) is 11.8 Å². The van der Waals surface area contributed by atoms with Crippen molar-refractivity contribution in [2.75, 3.05) is 25.1 Å². The lowest BCUT2D eigenvalue weighted by molar-refractivity contribution is -0.136. The number of carbonyl (C=O) groups excluding carboxylic acids is 2. The fraction of sp³-hybridized carbons (Fsp3) is 0.231. The van der Waals surface area contributed by atoms with E-state index in [1.54, 1.807) is 7.11 Å². The highest BCUT2D eigenvalue weighted by Crippen LogP contribution is 2.39. The van der Waals surface area contributed by atoms with Gasteiger partial charge in [-0.15, -0.1) is 11.3 Å². The number of hydrogen-bond donors (Lipinski definition) is 0. The lowest BCUT2D eigenvalue weighted by Crippen LogP contribution is -2.38. The first-order valence-electron chi connectivity index (χ1n) is 10.8. The van der Waals surface area contributed by atoms with E-state index in [1.807, 2.05) is 60.0 Å². The molecule has 0 atom stereocenters. The Morgan fingerprint density at radius 2 is 1.78 bits per heavy atom. The molecule has 0 saturated heterocycles. The average Bonchev–Trinajstić information content (AvgIpc) is 3.44. The van der Waals surface area contributed by atoms with Crippen LogP contribution in [0.4, 0.5) is 5.69 Å². The quantitative estimate of drug-likeness (QED) is 0.524. The fourth-order valence-electron chi connectivity index (χ4n) is 4.46. The van der Waals surface area contributed by atoms with Crippen LogP contribution in [0.15, 0.2) is 71.7 Å². The molecule has 3 heterocycles. The third-order valence-corrected chi connectivity index (χ3v) is 6.96. The molecule has 5 nitrogen and oxygen atoms in total. The highest BCUT2D eigenvalue weighted by molar-refractivity contribution is 7.11. The molecule has 0 spiro atoms. The second-order valence-corrected chi connectivity index (χ2v) is 8.89. The number of anilines is 1. The summed E-state index contributed by atoms with van der Waals surface area (Å²) in [5, 5.41) is 1.95. The van der Waals surface area contributed by atoms with E-state index < -0.39 is 0 Å². The van der Waals surface area contributed by atoms with Crippen molar-refractivity contribution < 1.29 is 14.3 Å². The van der Waals surface area contributed by atoms with Crippen LogP contribution in [-0.2, 0) is 22.4 Å². The van der Waals surface area contributed by atoms with E-state index in [9.17, 15) is 9.59 Å². The first kappa shape index (κ1) is 20.5. The molecular formula is C26H24N2O3S. The lowest BCUT2D eigenvalue weighted by atomic mass is 10.00. The summed E-state index contributed by atoms with van der Waals surface area (Å²) in [4.78, 5) is 31.5. The van der Waals surface area contributed by atoms with Crippen molar-refractivity contribution in [3.05, 3.63) is 87.7 Å². The molecule has 5 rings (SSSR count). The molecule has 0 aliphatic carbocycles. The first-order chi connectivity index (χ1) is 15.7. The number of thiophene rings is 1. The zero-order valence-electron chi connectivity index (χ0n) is 17.9. The summed E-state index contributed by atoms with van der Waals surface area (Å²) in [5.41, 5.74) is 4.34. The third-order valence-electron chi connectivity index (χ3n) is 6.07. The van der Waals surface area contributed by atoms with Gasteiger partial charge in [-0.3, -0.25) is 14.5 Å². The Morgan fingerprint density at radius 1 is 0.969 bits per heavy atom. The summed E-state index contributed by atoms with van der Waals surface area (Å²) in [6.45, 7) is 1.07. The SMILES string of the molecule is COc1ccc(CCN2C(=O)C(c3cccs3)=C(N3CCCc4ccccc43)C2=O)cc1. The zero-order chi connectivity index (χ0) is 22.1. The number of imide groups is 1. The minimum absolute atomic E-state index is 0.205. The molecule has 2 aliphatic rings. The Hall–Kier alpha value is -3.38. The smallest absolute Gasteiger partial charge is 0.278 e. The Morgan fingerprint density at radius 3 is 2.53 bits per heavy atom. The van der Waals surface area contributed by atoms with Crippen LogP contribution >= 0.6 is 11.3 Å². The number of methoxy groups -OCH3 is 1. The van der Waals surface area contributed by atoms with Gasteiger partial charge in [-0.25, -0.2) is 0 Å². The molecular weight excluding hydrogens is 420 g/mol. The van der Waals surface area contributed by atoms with E-state index in [4.69, 9.17) is 4.74 Å². The molecule has 32 heavy (non-hydrogen) atoms. The fourth-order valence-corrected chi connectivity index (χ4v) is 5.22. The van der Waals surface area contributed by atoms with Gasteiger partial charge >= 0.3 is 0 Å². The van der Waals surface area contributed by atoms with Gasteiger partial charge in [-0.05, 0) is 60.0 Å². The molecule has 0 saturated carbocycles. The van der Waals surface area contributed by atoms with Gasteiger partial charge < -0.3 is 9.64 Å². The van der Waals surface area contributed by atoms with Crippen molar-refractivity contribution in [3.63, 3.8) is 0 Å². The molecule has 0 bridgehead atoms. The summed E-state index contributed by atoms with van der Waals surface area (Å²) in [7, 11) is 1.63. The normalized spacial score (nSPS) is 16.0. The predicted molar refractivity (Wildman–Crippen MR) is 127 cm³/mol. The number of para-hydroxylation sites is 1. The molecule has 0 N–H and O–H groups in total. The van der Waals surface area contributed by atoms with E-state index in [0.717, 1.165) is 41.3 Å². The second-order valence-electron chi connectivity index (χ2n) is 7.94. The largest absolute Gasteiger partial charge is 0.497 e. The zero-order valence-corrected chi connectivity index (χ0v) is 18.7. The van der Waals surface area contributed by atoms with Gasteiger partial charge in [0.2, 0.25) is 0 Å². The number of aryl methyl sites for hydroxylation is 1. The van der Waals surface area contributed by atoms with Crippen LogP contribution in [-0.4, -0.2) is 36.9 Å². The molecule has 2 aliphatic heterocycles. The van der Waals surface area contributed by atoms with Gasteiger partial charge in [0.05, 0.1) is 12.7 Å². The van der Waals surface area contributed by atoms with Crippen LogP contribution in [0, 0.1) is 0 Å². The van der Waals surface area contributed by atoms with Crippen LogP contribution in [0.3, 0.4) is 0 Å². The Kier molecular flexibility index (Phi) is 5.53. The minimum Gasteiger partial charge on any atom is -0.497 e. The molecule has 2 amide bonds. The Bertz CT molecular complexity index is 1180. The molecule has 162 valence electrons. The van der Waals surface area contributed by atoms with Crippen LogP contribution in [0.2, 0.25) is 0 Å². The molecule has 2 aromatic carbocycles. The molecule has 0 fully saturated rings. The Balaban J connectivity index is 1.48. The van der Waals surface area contributed by atoms with Gasteiger partial charge in [0.1, 0.15) is 11.4 Å². The van der Waals surface area contributed by atoms with E-state index in [-0.39, 0.29) is 11.8 Å². The minimum atomic E-state index is -0.205. The van der Waals surface area contributed by atoms with Gasteiger partial charge in [-0.2, -0.15) is 0 Å². The topological polar surface area (TPSA) is 49.9 Å². The highest BCUT2D eigenvalue weighted by Gasteiger charge is 2.42. The first-order valence-corrected chi connectivity index (χ1v) is 11.7. The summed E-state index contributed by atoms with van der Waals surface area (Å²) >= 11 is 1.50. The molecule has 1 aromatic heterocycles. The monoisotopic (exact) mass is 444 g/mol. The number of rotatable bonds is 6. The molecule has 0 radical (unpaired) electrons. The number of ether oxygens (including phenoxy) is 1. The predicted octanol–water partition coefficient (Wildman–Crippen LogP) is 4.53. The molecule has 6 heteroatoms. The van der Waals surface area contributed by atoms with Crippen LogP contribution < -0.4 is 9.64 Å². The summed E-state index contributed by atoms with van der Waals surface area (Å²) in [5.74, 6) is 0.377. The number of nitrogens with zero attached hydrogens (tertiary/aromatic N) is 2. The molecule has 0 unspecified atom stereocenters. The number of fused-ring (bicyclic) bond motifs is 1. The number of benzene rings is 2. The lowest BCUT2D eigenvalue weighted by Gasteiger charge is -2.32. The van der Waals surface area contributed by atoms with Gasteiger partial charge in [0.15, 0.2) is 0 Å². The average molecular weight is 445 g/mol. The summed E-state index contributed by atoms with van der Waals surface area (Å²) < 4.78 is 5.22. The van der Waals surface area contributed by atoms with Crippen molar-refractivity contribution >= 4 is 34.4 Å². The standard InChI is InChI=1S/C26H24N2O3S/c1-31-20-12-10-18(11-13-20)14-16-28-25(29)23(22-9-5-17-32-22)24(26(28)30)27-15-4-7-19-6-2-3-8-21(19)27/h2-3,5-6,8-13,17H,4,7,14-16H2,1H3. The van der Waals surface area contributed by atoms with Crippen LogP contribution in [0.5, 0.6) is 5.75 Å². The maximum absolute atomic E-state index is 13.6. The highest BCUT2D eigenvalue weighted by atomic mass is 32.1. The number of carbonyl (C=O) groups is 2. The maximum atomic E-state index is 13.6. The van der Waals surface area contributed by atoms with Crippen molar-refractivity contribution in [3.8, 4) is 5.75 Å².